The van der Waals surface area contributed by atoms with Crippen molar-refractivity contribution in [2.75, 3.05) is 0 Å². The topological polar surface area (TPSA) is 17.1 Å². The third-order valence-electron chi connectivity index (χ3n) is 2.93. The zero-order chi connectivity index (χ0) is 14.9. The van der Waals surface area contributed by atoms with E-state index >= 15 is 0 Å². The number of benzene rings is 2. The van der Waals surface area contributed by atoms with Gasteiger partial charge in [-0.2, -0.15) is 0 Å². The van der Waals surface area contributed by atoms with E-state index in [1.165, 1.54) is 25.1 Å². The molecule has 2 aromatic carbocycles. The predicted molar refractivity (Wildman–Crippen MR) is 70.5 cm³/mol. The summed E-state index contributed by atoms with van der Waals surface area (Å²) in [6.45, 7) is 1.42. The summed E-state index contributed by atoms with van der Waals surface area (Å²) in [6, 6.07) is 6.02. The van der Waals surface area contributed by atoms with Gasteiger partial charge in [0.2, 0.25) is 0 Å². The van der Waals surface area contributed by atoms with E-state index in [4.69, 9.17) is 11.6 Å². The Hall–Kier alpha value is -1.81. The number of Topliss-reactive ketones (excluding diaryl/α,β-unsaturated/α-hetero) is 1. The van der Waals surface area contributed by atoms with Crippen LogP contribution < -0.4 is 0 Å². The fourth-order valence-electron chi connectivity index (χ4n) is 1.82. The molecule has 0 spiro atoms. The third-order valence-corrected chi connectivity index (χ3v) is 3.22. The molecule has 0 radical (unpaired) electrons. The van der Waals surface area contributed by atoms with Gasteiger partial charge in [0, 0.05) is 12.5 Å². The van der Waals surface area contributed by atoms with E-state index in [2.05, 4.69) is 0 Å². The van der Waals surface area contributed by atoms with Crippen LogP contribution >= 0.6 is 11.6 Å². The maximum Gasteiger partial charge on any atom is 0.170 e. The fourth-order valence-corrected chi connectivity index (χ4v) is 2.02. The highest BCUT2D eigenvalue weighted by Gasteiger charge is 2.17. The van der Waals surface area contributed by atoms with E-state index in [1.807, 2.05) is 0 Å². The van der Waals surface area contributed by atoms with Crippen LogP contribution in [0.2, 0.25) is 5.02 Å². The van der Waals surface area contributed by atoms with E-state index in [1.54, 1.807) is 0 Å². The second-order valence-electron chi connectivity index (χ2n) is 4.39. The number of carbonyl (C=O) groups is 1. The number of hydrogen-bond acceptors (Lipinski definition) is 1. The van der Waals surface area contributed by atoms with Gasteiger partial charge in [-0.3, -0.25) is 4.79 Å². The van der Waals surface area contributed by atoms with Gasteiger partial charge in [-0.1, -0.05) is 23.7 Å². The minimum absolute atomic E-state index is 0.0730. The van der Waals surface area contributed by atoms with Gasteiger partial charge in [-0.15, -0.1) is 0 Å². The van der Waals surface area contributed by atoms with E-state index in [-0.39, 0.29) is 28.1 Å². The van der Waals surface area contributed by atoms with Gasteiger partial charge in [0.15, 0.2) is 5.78 Å². The summed E-state index contributed by atoms with van der Waals surface area (Å²) in [4.78, 5) is 12.0. The molecule has 0 atom stereocenters. The summed E-state index contributed by atoms with van der Waals surface area (Å²) < 4.78 is 40.4. The van der Waals surface area contributed by atoms with Crippen molar-refractivity contribution in [3.8, 4) is 0 Å². The third kappa shape index (κ3) is 2.85. The van der Waals surface area contributed by atoms with Gasteiger partial charge in [-0.05, 0) is 30.2 Å². The van der Waals surface area contributed by atoms with E-state index in [0.29, 0.717) is 6.07 Å². The lowest BCUT2D eigenvalue weighted by atomic mass is 10.0. The first kappa shape index (κ1) is 14.6. The molecule has 0 aliphatic heterocycles. The van der Waals surface area contributed by atoms with Gasteiger partial charge in [0.25, 0.3) is 0 Å². The van der Waals surface area contributed by atoms with E-state index in [0.717, 1.165) is 6.07 Å². The number of ketones is 1. The van der Waals surface area contributed by atoms with Crippen molar-refractivity contribution in [2.45, 2.75) is 13.3 Å². The molecule has 104 valence electrons. The van der Waals surface area contributed by atoms with Crippen LogP contribution in [0.4, 0.5) is 13.2 Å². The Labute approximate surface area is 119 Å². The Kier molecular flexibility index (Phi) is 4.14. The van der Waals surface area contributed by atoms with Gasteiger partial charge in [0.1, 0.15) is 17.5 Å². The number of carbonyl (C=O) groups excluding carboxylic acids is 1. The summed E-state index contributed by atoms with van der Waals surface area (Å²) in [6.07, 6.45) is -0.339. The lowest BCUT2D eigenvalue weighted by Crippen LogP contribution is -2.09. The zero-order valence-electron chi connectivity index (χ0n) is 10.5. The molecular weight excluding hydrogens is 289 g/mol. The molecular formula is C15H10ClF3O. The number of rotatable bonds is 3. The molecule has 0 aliphatic carbocycles. The number of halogens is 4. The second kappa shape index (κ2) is 5.67. The van der Waals surface area contributed by atoms with Crippen molar-refractivity contribution < 1.29 is 18.0 Å². The highest BCUT2D eigenvalue weighted by atomic mass is 35.5. The second-order valence-corrected chi connectivity index (χ2v) is 4.80. The standard InChI is InChI=1S/C15H10ClF3O/c1-8-5-10(13(18)7-12(8)17)14(20)6-9-3-2-4-11(16)15(9)19/h2-5,7H,6H2,1H3. The molecule has 0 aromatic heterocycles. The molecule has 0 N–H and O–H groups in total. The molecule has 0 amide bonds. The maximum absolute atomic E-state index is 13.7. The summed E-state index contributed by atoms with van der Waals surface area (Å²) in [5, 5.41) is -0.106. The Balaban J connectivity index is 2.33. The van der Waals surface area contributed by atoms with Crippen LogP contribution in [0.25, 0.3) is 0 Å². The van der Waals surface area contributed by atoms with E-state index in [9.17, 15) is 18.0 Å². The summed E-state index contributed by atoms with van der Waals surface area (Å²) in [5.41, 5.74) is -0.0338. The minimum Gasteiger partial charge on any atom is -0.294 e. The lowest BCUT2D eigenvalue weighted by Gasteiger charge is -2.07. The summed E-state index contributed by atoms with van der Waals surface area (Å²) in [5.74, 6) is -3.03. The molecule has 20 heavy (non-hydrogen) atoms. The van der Waals surface area contributed by atoms with Crippen LogP contribution in [-0.2, 0) is 6.42 Å². The molecule has 0 aliphatic rings. The molecule has 0 saturated heterocycles. The molecule has 2 aromatic rings. The normalized spacial score (nSPS) is 10.7. The summed E-state index contributed by atoms with van der Waals surface area (Å²) >= 11 is 5.61. The molecule has 0 saturated carbocycles. The monoisotopic (exact) mass is 298 g/mol. The smallest absolute Gasteiger partial charge is 0.170 e. The highest BCUT2D eigenvalue weighted by Crippen LogP contribution is 2.21. The Bertz CT molecular complexity index is 683. The van der Waals surface area contributed by atoms with Gasteiger partial charge < -0.3 is 0 Å². The minimum atomic E-state index is -0.958. The molecule has 0 bridgehead atoms. The van der Waals surface area contributed by atoms with Gasteiger partial charge >= 0.3 is 0 Å². The first-order valence-electron chi connectivity index (χ1n) is 5.82. The Morgan fingerprint density at radius 3 is 2.55 bits per heavy atom. The Morgan fingerprint density at radius 1 is 1.15 bits per heavy atom. The van der Waals surface area contributed by atoms with Crippen LogP contribution in [0, 0.1) is 24.4 Å². The van der Waals surface area contributed by atoms with E-state index < -0.39 is 23.2 Å². The van der Waals surface area contributed by atoms with Crippen LogP contribution in [0.1, 0.15) is 21.5 Å². The lowest BCUT2D eigenvalue weighted by molar-refractivity contribution is 0.0988. The van der Waals surface area contributed by atoms with Crippen molar-refractivity contribution in [2.24, 2.45) is 0 Å². The van der Waals surface area contributed by atoms with Crippen molar-refractivity contribution in [1.29, 1.82) is 0 Å². The average Bonchev–Trinajstić information content (AvgIpc) is 2.39. The molecule has 1 nitrogen and oxygen atoms in total. The molecule has 2 rings (SSSR count). The predicted octanol–water partition coefficient (Wildman–Crippen LogP) is 4.49. The van der Waals surface area contributed by atoms with Crippen LogP contribution in [0.5, 0.6) is 0 Å². The highest BCUT2D eigenvalue weighted by molar-refractivity contribution is 6.30. The van der Waals surface area contributed by atoms with Crippen molar-refractivity contribution >= 4 is 17.4 Å². The van der Waals surface area contributed by atoms with Crippen molar-refractivity contribution in [1.82, 2.24) is 0 Å². The van der Waals surface area contributed by atoms with Crippen LogP contribution in [-0.4, -0.2) is 5.78 Å². The number of hydrogen-bond donors (Lipinski definition) is 0. The first-order valence-corrected chi connectivity index (χ1v) is 6.19. The van der Waals surface area contributed by atoms with Gasteiger partial charge in [-0.25, -0.2) is 13.2 Å². The average molecular weight is 299 g/mol. The van der Waals surface area contributed by atoms with Crippen molar-refractivity contribution in [3.05, 3.63) is 69.5 Å². The van der Waals surface area contributed by atoms with Crippen molar-refractivity contribution in [3.63, 3.8) is 0 Å². The maximum atomic E-state index is 13.7. The molecule has 0 heterocycles. The zero-order valence-corrected chi connectivity index (χ0v) is 11.3. The Morgan fingerprint density at radius 2 is 1.85 bits per heavy atom. The van der Waals surface area contributed by atoms with Crippen LogP contribution in [0.3, 0.4) is 0 Å². The molecule has 0 unspecified atom stereocenters. The number of aryl methyl sites for hydroxylation is 1. The fraction of sp³-hybridized carbons (Fsp3) is 0.133. The quantitative estimate of drug-likeness (QED) is 0.763. The van der Waals surface area contributed by atoms with Crippen LogP contribution in [0.15, 0.2) is 30.3 Å². The molecule has 0 fully saturated rings. The SMILES string of the molecule is Cc1cc(C(=O)Cc2cccc(Cl)c2F)c(F)cc1F. The summed E-state index contributed by atoms with van der Waals surface area (Å²) in [7, 11) is 0. The first-order chi connectivity index (χ1) is 9.40. The largest absolute Gasteiger partial charge is 0.294 e. The van der Waals surface area contributed by atoms with Gasteiger partial charge in [0.05, 0.1) is 10.6 Å². The molecule has 5 heteroatoms.